The summed E-state index contributed by atoms with van der Waals surface area (Å²) in [6, 6.07) is 0. The van der Waals surface area contributed by atoms with Crippen LogP contribution < -0.4 is 5.32 Å². The average molecular weight is 205 g/mol. The molecule has 0 spiro atoms. The quantitative estimate of drug-likeness (QED) is 0.763. The minimum Gasteiger partial charge on any atom is -0.306 e. The summed E-state index contributed by atoms with van der Waals surface area (Å²) in [4.78, 5) is 8.66. The Hall–Kier alpha value is -0.960. The van der Waals surface area contributed by atoms with Gasteiger partial charge in [0.15, 0.2) is 0 Å². The smallest absolute Gasteiger partial charge is 0.0792 e. The van der Waals surface area contributed by atoms with Crippen molar-refractivity contribution in [3.63, 3.8) is 0 Å². The summed E-state index contributed by atoms with van der Waals surface area (Å²) >= 11 is 0. The van der Waals surface area contributed by atoms with Crippen LogP contribution in [0.1, 0.15) is 39.3 Å². The largest absolute Gasteiger partial charge is 0.306 e. The molecule has 2 heterocycles. The maximum atomic E-state index is 4.47. The summed E-state index contributed by atoms with van der Waals surface area (Å²) in [6.07, 6.45) is 7.77. The van der Waals surface area contributed by atoms with Gasteiger partial charge in [-0.05, 0) is 24.8 Å². The molecule has 1 aliphatic rings. The Morgan fingerprint density at radius 1 is 1.33 bits per heavy atom. The van der Waals surface area contributed by atoms with Gasteiger partial charge in [0, 0.05) is 12.4 Å². The van der Waals surface area contributed by atoms with Gasteiger partial charge in [-0.15, -0.1) is 0 Å². The predicted molar refractivity (Wildman–Crippen MR) is 60.4 cm³/mol. The minimum atomic E-state index is 0.00125. The van der Waals surface area contributed by atoms with Gasteiger partial charge in [-0.2, -0.15) is 0 Å². The normalized spacial score (nSPS) is 26.9. The first-order valence-electron chi connectivity index (χ1n) is 5.58. The standard InChI is InChI=1S/C12H19N3/c1-11(2,3)12(5-4-6-15-12)10-9-13-7-8-14-10/h7-9,15H,4-6H2,1-3H3. The van der Waals surface area contributed by atoms with E-state index in [1.807, 2.05) is 6.20 Å². The van der Waals surface area contributed by atoms with Gasteiger partial charge in [0.25, 0.3) is 0 Å². The van der Waals surface area contributed by atoms with Gasteiger partial charge >= 0.3 is 0 Å². The van der Waals surface area contributed by atoms with Gasteiger partial charge in [-0.3, -0.25) is 9.97 Å². The van der Waals surface area contributed by atoms with Gasteiger partial charge in [0.1, 0.15) is 0 Å². The molecule has 0 aromatic carbocycles. The minimum absolute atomic E-state index is 0.00125. The first-order valence-corrected chi connectivity index (χ1v) is 5.58. The highest BCUT2D eigenvalue weighted by Crippen LogP contribution is 2.44. The summed E-state index contributed by atoms with van der Waals surface area (Å²) < 4.78 is 0. The van der Waals surface area contributed by atoms with Gasteiger partial charge in [0.2, 0.25) is 0 Å². The van der Waals surface area contributed by atoms with Crippen molar-refractivity contribution >= 4 is 0 Å². The molecule has 0 bridgehead atoms. The molecule has 2 rings (SSSR count). The molecule has 3 heteroatoms. The molecular weight excluding hydrogens is 186 g/mol. The van der Waals surface area contributed by atoms with Crippen molar-refractivity contribution in [2.45, 2.75) is 39.2 Å². The number of nitrogens with one attached hydrogen (secondary N) is 1. The van der Waals surface area contributed by atoms with Crippen molar-refractivity contribution in [3.05, 3.63) is 24.3 Å². The van der Waals surface area contributed by atoms with Crippen LogP contribution in [0.25, 0.3) is 0 Å². The molecule has 0 radical (unpaired) electrons. The molecular formula is C12H19N3. The van der Waals surface area contributed by atoms with Crippen LogP contribution in [-0.4, -0.2) is 16.5 Å². The summed E-state index contributed by atoms with van der Waals surface area (Å²) in [6.45, 7) is 7.87. The number of aromatic nitrogens is 2. The third kappa shape index (κ3) is 1.65. The second-order valence-electron chi connectivity index (χ2n) is 5.28. The van der Waals surface area contributed by atoms with Crippen LogP contribution in [0.3, 0.4) is 0 Å². The Morgan fingerprint density at radius 3 is 2.60 bits per heavy atom. The molecule has 82 valence electrons. The number of hydrogen-bond donors (Lipinski definition) is 1. The molecule has 0 saturated carbocycles. The van der Waals surface area contributed by atoms with Crippen molar-refractivity contribution in [1.29, 1.82) is 0 Å². The zero-order valence-corrected chi connectivity index (χ0v) is 9.75. The highest BCUT2D eigenvalue weighted by Gasteiger charge is 2.46. The lowest BCUT2D eigenvalue weighted by Crippen LogP contribution is -2.48. The fourth-order valence-corrected chi connectivity index (χ4v) is 2.51. The van der Waals surface area contributed by atoms with Crippen LogP contribution in [0.4, 0.5) is 0 Å². The van der Waals surface area contributed by atoms with E-state index in [0.29, 0.717) is 0 Å². The lowest BCUT2D eigenvalue weighted by molar-refractivity contribution is 0.155. The summed E-state index contributed by atoms with van der Waals surface area (Å²) in [5.41, 5.74) is 1.25. The highest BCUT2D eigenvalue weighted by molar-refractivity contribution is 5.18. The van der Waals surface area contributed by atoms with Crippen molar-refractivity contribution < 1.29 is 0 Å². The second-order valence-corrected chi connectivity index (χ2v) is 5.28. The van der Waals surface area contributed by atoms with Crippen LogP contribution >= 0.6 is 0 Å². The van der Waals surface area contributed by atoms with E-state index in [0.717, 1.165) is 18.7 Å². The van der Waals surface area contributed by atoms with Gasteiger partial charge < -0.3 is 5.32 Å². The molecule has 15 heavy (non-hydrogen) atoms. The SMILES string of the molecule is CC(C)(C)C1(c2cnccn2)CCCN1. The maximum absolute atomic E-state index is 4.47. The molecule has 1 saturated heterocycles. The van der Waals surface area contributed by atoms with Crippen LogP contribution in [0, 0.1) is 5.41 Å². The number of hydrogen-bond acceptors (Lipinski definition) is 3. The molecule has 1 aromatic rings. The fourth-order valence-electron chi connectivity index (χ4n) is 2.51. The molecule has 0 aliphatic carbocycles. The Bertz CT molecular complexity index is 320. The zero-order chi connectivity index (χ0) is 10.9. The molecule has 1 fully saturated rings. The van der Waals surface area contributed by atoms with Crippen molar-refractivity contribution in [1.82, 2.24) is 15.3 Å². The molecule has 3 nitrogen and oxygen atoms in total. The van der Waals surface area contributed by atoms with Crippen molar-refractivity contribution in [2.24, 2.45) is 5.41 Å². The highest BCUT2D eigenvalue weighted by atomic mass is 15.1. The van der Waals surface area contributed by atoms with E-state index in [-0.39, 0.29) is 11.0 Å². The van der Waals surface area contributed by atoms with Crippen LogP contribution in [0.5, 0.6) is 0 Å². The maximum Gasteiger partial charge on any atom is 0.0792 e. The Morgan fingerprint density at radius 2 is 2.13 bits per heavy atom. The molecule has 1 aromatic heterocycles. The predicted octanol–water partition coefficient (Wildman–Crippen LogP) is 2.10. The van der Waals surface area contributed by atoms with Crippen LogP contribution in [-0.2, 0) is 5.54 Å². The monoisotopic (exact) mass is 205 g/mol. The van der Waals surface area contributed by atoms with Gasteiger partial charge in [-0.1, -0.05) is 20.8 Å². The van der Waals surface area contributed by atoms with E-state index in [9.17, 15) is 0 Å². The van der Waals surface area contributed by atoms with Gasteiger partial charge in [-0.25, -0.2) is 0 Å². The summed E-state index contributed by atoms with van der Waals surface area (Å²) in [5.74, 6) is 0. The Labute approximate surface area is 91.3 Å². The topological polar surface area (TPSA) is 37.8 Å². The van der Waals surface area contributed by atoms with Crippen LogP contribution in [0.15, 0.2) is 18.6 Å². The van der Waals surface area contributed by atoms with E-state index in [2.05, 4.69) is 36.1 Å². The summed E-state index contributed by atoms with van der Waals surface area (Å²) in [7, 11) is 0. The van der Waals surface area contributed by atoms with Crippen molar-refractivity contribution in [2.75, 3.05) is 6.54 Å². The molecule has 0 amide bonds. The van der Waals surface area contributed by atoms with E-state index in [1.54, 1.807) is 12.4 Å². The zero-order valence-electron chi connectivity index (χ0n) is 9.75. The van der Waals surface area contributed by atoms with E-state index in [4.69, 9.17) is 0 Å². The van der Waals surface area contributed by atoms with Crippen LogP contribution in [0.2, 0.25) is 0 Å². The molecule has 1 atom stereocenters. The Kier molecular flexibility index (Phi) is 2.51. The van der Waals surface area contributed by atoms with Gasteiger partial charge in [0.05, 0.1) is 17.4 Å². The first-order chi connectivity index (χ1) is 7.06. The number of nitrogens with zero attached hydrogens (tertiary/aromatic N) is 2. The number of rotatable bonds is 1. The fraction of sp³-hybridized carbons (Fsp3) is 0.667. The summed E-state index contributed by atoms with van der Waals surface area (Å²) in [5, 5.41) is 3.62. The van der Waals surface area contributed by atoms with E-state index < -0.39 is 0 Å². The second kappa shape index (κ2) is 3.56. The third-order valence-electron chi connectivity index (χ3n) is 3.44. The molecule has 1 N–H and O–H groups in total. The van der Waals surface area contributed by atoms with E-state index >= 15 is 0 Å². The molecule has 1 aliphatic heterocycles. The first kappa shape index (κ1) is 10.6. The lowest BCUT2D eigenvalue weighted by Gasteiger charge is -2.41. The Balaban J connectivity index is 2.44. The average Bonchev–Trinajstić information content (AvgIpc) is 2.68. The van der Waals surface area contributed by atoms with E-state index in [1.165, 1.54) is 6.42 Å². The third-order valence-corrected chi connectivity index (χ3v) is 3.44. The van der Waals surface area contributed by atoms with Crippen molar-refractivity contribution in [3.8, 4) is 0 Å². The molecule has 1 unspecified atom stereocenters. The lowest BCUT2D eigenvalue weighted by atomic mass is 9.71.